The zero-order chi connectivity index (χ0) is 11.2. The van der Waals surface area contributed by atoms with E-state index in [1.165, 1.54) is 12.8 Å². The van der Waals surface area contributed by atoms with E-state index < -0.39 is 5.60 Å². The lowest BCUT2D eigenvalue weighted by Crippen LogP contribution is -2.63. The highest BCUT2D eigenvalue weighted by Gasteiger charge is 2.52. The Bertz CT molecular complexity index is 381. The molecule has 1 saturated carbocycles. The lowest BCUT2D eigenvalue weighted by atomic mass is 9.89. The van der Waals surface area contributed by atoms with Gasteiger partial charge in [0, 0.05) is 0 Å². The highest BCUT2D eigenvalue weighted by atomic mass is 16.5. The fourth-order valence-corrected chi connectivity index (χ4v) is 2.34. The Morgan fingerprint density at radius 3 is 2.69 bits per heavy atom. The number of nitrogens with zero attached hydrogens (tertiary/aromatic N) is 2. The second-order valence-corrected chi connectivity index (χ2v) is 4.79. The smallest absolute Gasteiger partial charge is 0.137 e. The second kappa shape index (κ2) is 3.35. The molecule has 0 aromatic carbocycles. The van der Waals surface area contributed by atoms with Gasteiger partial charge in [-0.25, -0.2) is 4.98 Å². The molecule has 1 aromatic heterocycles. The van der Waals surface area contributed by atoms with Gasteiger partial charge < -0.3 is 14.7 Å². The summed E-state index contributed by atoms with van der Waals surface area (Å²) < 4.78 is 5.06. The first-order valence-corrected chi connectivity index (χ1v) is 5.69. The molecule has 0 unspecified atom stereocenters. The summed E-state index contributed by atoms with van der Waals surface area (Å²) in [6, 6.07) is 3.84. The van der Waals surface area contributed by atoms with Crippen molar-refractivity contribution in [2.75, 3.05) is 25.1 Å². The summed E-state index contributed by atoms with van der Waals surface area (Å²) in [5.41, 5.74) is -0.443. The monoisotopic (exact) mass is 220 g/mol. The summed E-state index contributed by atoms with van der Waals surface area (Å²) in [6.07, 6.45) is 4.07. The van der Waals surface area contributed by atoms with Crippen molar-refractivity contribution >= 4 is 5.82 Å². The highest BCUT2D eigenvalue weighted by molar-refractivity contribution is 5.46. The predicted molar refractivity (Wildman–Crippen MR) is 60.7 cm³/mol. The molecule has 2 fully saturated rings. The van der Waals surface area contributed by atoms with E-state index in [2.05, 4.69) is 9.88 Å². The Labute approximate surface area is 94.9 Å². The van der Waals surface area contributed by atoms with Gasteiger partial charge >= 0.3 is 0 Å². The molecule has 4 nitrogen and oxygen atoms in total. The van der Waals surface area contributed by atoms with Crippen LogP contribution in [-0.4, -0.2) is 35.9 Å². The van der Waals surface area contributed by atoms with E-state index in [0.29, 0.717) is 5.92 Å². The van der Waals surface area contributed by atoms with Crippen molar-refractivity contribution in [2.45, 2.75) is 18.4 Å². The van der Waals surface area contributed by atoms with Crippen LogP contribution in [0.25, 0.3) is 0 Å². The van der Waals surface area contributed by atoms with E-state index in [-0.39, 0.29) is 0 Å². The van der Waals surface area contributed by atoms with Gasteiger partial charge in [-0.15, -0.1) is 0 Å². The van der Waals surface area contributed by atoms with Crippen molar-refractivity contribution < 1.29 is 9.84 Å². The molecule has 1 aliphatic heterocycles. The van der Waals surface area contributed by atoms with Crippen LogP contribution >= 0.6 is 0 Å². The average molecular weight is 220 g/mol. The van der Waals surface area contributed by atoms with E-state index in [0.717, 1.165) is 24.7 Å². The summed E-state index contributed by atoms with van der Waals surface area (Å²) in [4.78, 5) is 6.42. The Balaban J connectivity index is 1.66. The fraction of sp³-hybridized carbons (Fsp3) is 0.583. The molecule has 1 aromatic rings. The number of rotatable bonds is 3. The molecule has 4 heteroatoms. The maximum atomic E-state index is 10.2. The summed E-state index contributed by atoms with van der Waals surface area (Å²) >= 11 is 0. The fourth-order valence-electron chi connectivity index (χ4n) is 2.34. The standard InChI is InChI=1S/C12H16N2O2/c1-16-10-4-5-11(13-6-10)14-7-12(15,8-14)9-2-3-9/h4-6,9,15H,2-3,7-8H2,1H3. The van der Waals surface area contributed by atoms with Crippen LogP contribution in [0.2, 0.25) is 0 Å². The SMILES string of the molecule is COc1ccc(N2CC(O)(C3CC3)C2)nc1. The third-order valence-electron chi connectivity index (χ3n) is 3.55. The van der Waals surface area contributed by atoms with Crippen LogP contribution in [0.4, 0.5) is 5.82 Å². The van der Waals surface area contributed by atoms with E-state index in [1.807, 2.05) is 12.1 Å². The van der Waals surface area contributed by atoms with Crippen molar-refractivity contribution in [3.8, 4) is 5.75 Å². The zero-order valence-corrected chi connectivity index (χ0v) is 9.39. The van der Waals surface area contributed by atoms with Crippen molar-refractivity contribution in [1.82, 2.24) is 4.98 Å². The number of aliphatic hydroxyl groups is 1. The lowest BCUT2D eigenvalue weighted by Gasteiger charge is -2.47. The van der Waals surface area contributed by atoms with Crippen molar-refractivity contribution in [2.24, 2.45) is 5.92 Å². The number of pyridine rings is 1. The quantitative estimate of drug-likeness (QED) is 0.827. The number of aromatic nitrogens is 1. The maximum absolute atomic E-state index is 10.2. The number of anilines is 1. The zero-order valence-electron chi connectivity index (χ0n) is 9.39. The minimum absolute atomic E-state index is 0.443. The van der Waals surface area contributed by atoms with Crippen LogP contribution in [0.15, 0.2) is 18.3 Å². The van der Waals surface area contributed by atoms with Gasteiger partial charge in [0.05, 0.1) is 26.4 Å². The van der Waals surface area contributed by atoms with Gasteiger partial charge in [0.15, 0.2) is 0 Å². The van der Waals surface area contributed by atoms with Crippen LogP contribution in [0.5, 0.6) is 5.75 Å². The molecular formula is C12H16N2O2. The Morgan fingerprint density at radius 1 is 1.44 bits per heavy atom. The Hall–Kier alpha value is -1.29. The number of ether oxygens (including phenoxy) is 1. The first-order valence-electron chi connectivity index (χ1n) is 5.69. The Kier molecular flexibility index (Phi) is 2.07. The number of methoxy groups -OCH3 is 1. The van der Waals surface area contributed by atoms with Gasteiger partial charge in [0.25, 0.3) is 0 Å². The van der Waals surface area contributed by atoms with Crippen molar-refractivity contribution in [3.05, 3.63) is 18.3 Å². The molecular weight excluding hydrogens is 204 g/mol. The highest BCUT2D eigenvalue weighted by Crippen LogP contribution is 2.45. The molecule has 0 atom stereocenters. The summed E-state index contributed by atoms with van der Waals surface area (Å²) in [5, 5.41) is 10.2. The molecule has 16 heavy (non-hydrogen) atoms. The molecule has 0 amide bonds. The molecule has 2 heterocycles. The number of hydrogen-bond donors (Lipinski definition) is 1. The molecule has 0 spiro atoms. The number of β-amino-alcohol motifs (C(OH)–C–C–N with tert-alkyl or cyclic N) is 1. The third kappa shape index (κ3) is 1.53. The van der Waals surface area contributed by atoms with Crippen LogP contribution in [0, 0.1) is 5.92 Å². The first kappa shape index (κ1) is 9.90. The molecule has 3 rings (SSSR count). The van der Waals surface area contributed by atoms with Crippen LogP contribution in [0.1, 0.15) is 12.8 Å². The largest absolute Gasteiger partial charge is 0.495 e. The van der Waals surface area contributed by atoms with E-state index in [9.17, 15) is 5.11 Å². The van der Waals surface area contributed by atoms with Gasteiger partial charge in [-0.1, -0.05) is 0 Å². The summed E-state index contributed by atoms with van der Waals surface area (Å²) in [5.74, 6) is 2.22. The molecule has 1 aliphatic carbocycles. The second-order valence-electron chi connectivity index (χ2n) is 4.79. The minimum atomic E-state index is -0.443. The minimum Gasteiger partial charge on any atom is -0.495 e. The van der Waals surface area contributed by atoms with Gasteiger partial charge in [-0.05, 0) is 30.9 Å². The van der Waals surface area contributed by atoms with Crippen molar-refractivity contribution in [1.29, 1.82) is 0 Å². The molecule has 2 aliphatic rings. The summed E-state index contributed by atoms with van der Waals surface area (Å²) in [6.45, 7) is 1.44. The normalized spacial score (nSPS) is 22.8. The maximum Gasteiger partial charge on any atom is 0.137 e. The van der Waals surface area contributed by atoms with Gasteiger partial charge in [0.1, 0.15) is 17.2 Å². The van der Waals surface area contributed by atoms with Crippen LogP contribution in [0.3, 0.4) is 0 Å². The summed E-state index contributed by atoms with van der Waals surface area (Å²) in [7, 11) is 1.63. The molecule has 0 bridgehead atoms. The van der Waals surface area contributed by atoms with E-state index >= 15 is 0 Å². The first-order chi connectivity index (χ1) is 7.71. The number of hydrogen-bond acceptors (Lipinski definition) is 4. The predicted octanol–water partition coefficient (Wildman–Crippen LogP) is 1.05. The van der Waals surface area contributed by atoms with Crippen molar-refractivity contribution in [3.63, 3.8) is 0 Å². The average Bonchev–Trinajstić information content (AvgIpc) is 3.09. The molecule has 1 saturated heterocycles. The van der Waals surface area contributed by atoms with Gasteiger partial charge in [-0.2, -0.15) is 0 Å². The molecule has 86 valence electrons. The van der Waals surface area contributed by atoms with E-state index in [1.54, 1.807) is 13.3 Å². The molecule has 1 N–H and O–H groups in total. The van der Waals surface area contributed by atoms with Gasteiger partial charge in [-0.3, -0.25) is 0 Å². The topological polar surface area (TPSA) is 45.6 Å². The third-order valence-corrected chi connectivity index (χ3v) is 3.55. The van der Waals surface area contributed by atoms with Crippen LogP contribution in [-0.2, 0) is 0 Å². The lowest BCUT2D eigenvalue weighted by molar-refractivity contribution is -0.00974. The van der Waals surface area contributed by atoms with E-state index in [4.69, 9.17) is 4.74 Å². The van der Waals surface area contributed by atoms with Gasteiger partial charge in [0.2, 0.25) is 0 Å². The van der Waals surface area contributed by atoms with Crippen LogP contribution < -0.4 is 9.64 Å². The molecule has 0 radical (unpaired) electrons. The Morgan fingerprint density at radius 2 is 2.19 bits per heavy atom.